The molecule has 2 aromatic rings. The summed E-state index contributed by atoms with van der Waals surface area (Å²) < 4.78 is 5.14. The van der Waals surface area contributed by atoms with Gasteiger partial charge in [-0.25, -0.2) is 5.84 Å². The maximum absolute atomic E-state index is 11.5. The van der Waals surface area contributed by atoms with Gasteiger partial charge < -0.3 is 9.32 Å². The zero-order chi connectivity index (χ0) is 13.0. The summed E-state index contributed by atoms with van der Waals surface area (Å²) in [4.78, 5) is 13.5. The number of hydrogen-bond acceptors (Lipinski definition) is 4. The molecule has 0 saturated carbocycles. The molecule has 0 aliphatic rings. The maximum atomic E-state index is 11.5. The summed E-state index contributed by atoms with van der Waals surface area (Å²) in [5.74, 6) is 4.93. The van der Waals surface area contributed by atoms with Gasteiger partial charge in [0.15, 0.2) is 5.76 Å². The van der Waals surface area contributed by atoms with E-state index in [1.165, 1.54) is 6.26 Å². The molecule has 0 fully saturated rings. The van der Waals surface area contributed by atoms with Gasteiger partial charge in [-0.2, -0.15) is 0 Å². The van der Waals surface area contributed by atoms with Crippen molar-refractivity contribution in [2.24, 2.45) is 5.84 Å². The molecule has 0 saturated heterocycles. The first kappa shape index (κ1) is 12.2. The second-order valence-electron chi connectivity index (χ2n) is 3.94. The van der Waals surface area contributed by atoms with Crippen molar-refractivity contribution < 1.29 is 9.21 Å². The highest BCUT2D eigenvalue weighted by Gasteiger charge is 2.15. The van der Waals surface area contributed by atoms with E-state index in [1.54, 1.807) is 6.07 Å². The summed E-state index contributed by atoms with van der Waals surface area (Å²) >= 11 is 0. The van der Waals surface area contributed by atoms with Crippen LogP contribution in [0.5, 0.6) is 0 Å². The van der Waals surface area contributed by atoms with Crippen LogP contribution in [0.15, 0.2) is 47.1 Å². The van der Waals surface area contributed by atoms with E-state index >= 15 is 0 Å². The summed E-state index contributed by atoms with van der Waals surface area (Å²) in [7, 11) is 1.95. The number of rotatable bonds is 4. The number of para-hydroxylation sites is 1. The average molecular weight is 245 g/mol. The zero-order valence-corrected chi connectivity index (χ0v) is 10.1. The normalized spacial score (nSPS) is 10.1. The first-order valence-electron chi connectivity index (χ1n) is 5.56. The van der Waals surface area contributed by atoms with Crippen LogP contribution in [0.3, 0.4) is 0 Å². The molecule has 5 heteroatoms. The van der Waals surface area contributed by atoms with Crippen LogP contribution in [0.4, 0.5) is 5.69 Å². The van der Waals surface area contributed by atoms with Gasteiger partial charge in [0.1, 0.15) is 0 Å². The molecule has 1 aromatic carbocycles. The van der Waals surface area contributed by atoms with Crippen LogP contribution in [0.2, 0.25) is 0 Å². The van der Waals surface area contributed by atoms with Crippen molar-refractivity contribution in [2.45, 2.75) is 6.54 Å². The Morgan fingerprint density at radius 2 is 2.06 bits per heavy atom. The molecule has 1 aromatic heterocycles. The van der Waals surface area contributed by atoms with Crippen molar-refractivity contribution in [2.75, 3.05) is 11.9 Å². The highest BCUT2D eigenvalue weighted by molar-refractivity contribution is 5.92. The number of anilines is 1. The number of nitrogens with zero attached hydrogens (tertiary/aromatic N) is 1. The molecule has 0 bridgehead atoms. The van der Waals surface area contributed by atoms with E-state index in [9.17, 15) is 4.79 Å². The number of amides is 1. The Morgan fingerprint density at radius 3 is 2.72 bits per heavy atom. The Kier molecular flexibility index (Phi) is 3.64. The molecule has 18 heavy (non-hydrogen) atoms. The topological polar surface area (TPSA) is 71.5 Å². The van der Waals surface area contributed by atoms with Crippen molar-refractivity contribution in [1.29, 1.82) is 0 Å². The Balaban J connectivity index is 2.15. The van der Waals surface area contributed by atoms with E-state index in [4.69, 9.17) is 10.3 Å². The first-order chi connectivity index (χ1) is 8.72. The van der Waals surface area contributed by atoms with Gasteiger partial charge in [-0.1, -0.05) is 18.2 Å². The predicted octanol–water partition coefficient (Wildman–Crippen LogP) is 1.52. The summed E-state index contributed by atoms with van der Waals surface area (Å²) in [6.45, 7) is 0.573. The molecule has 5 nitrogen and oxygen atoms in total. The standard InChI is InChI=1S/C13H15N3O2/c1-16(11-5-3-2-4-6-11)9-10-7-8-18-12(10)13(17)15-14/h2-8H,9,14H2,1H3,(H,15,17). The average Bonchev–Trinajstić information content (AvgIpc) is 2.87. The van der Waals surface area contributed by atoms with Crippen molar-refractivity contribution in [3.8, 4) is 0 Å². The molecular weight excluding hydrogens is 230 g/mol. The van der Waals surface area contributed by atoms with Gasteiger partial charge in [0.25, 0.3) is 0 Å². The zero-order valence-electron chi connectivity index (χ0n) is 10.1. The minimum absolute atomic E-state index is 0.250. The first-order valence-corrected chi connectivity index (χ1v) is 5.56. The number of carbonyl (C=O) groups is 1. The van der Waals surface area contributed by atoms with Gasteiger partial charge in [-0.05, 0) is 18.2 Å². The van der Waals surface area contributed by atoms with E-state index in [0.717, 1.165) is 11.3 Å². The molecule has 0 unspecified atom stereocenters. The molecule has 3 N–H and O–H groups in total. The third-order valence-corrected chi connectivity index (χ3v) is 2.69. The fraction of sp³-hybridized carbons (Fsp3) is 0.154. The third-order valence-electron chi connectivity index (χ3n) is 2.69. The van der Waals surface area contributed by atoms with Gasteiger partial charge in [0.05, 0.1) is 6.26 Å². The fourth-order valence-corrected chi connectivity index (χ4v) is 1.75. The molecule has 2 rings (SSSR count). The number of furan rings is 1. The van der Waals surface area contributed by atoms with Crippen LogP contribution in [0.25, 0.3) is 0 Å². The van der Waals surface area contributed by atoms with Crippen LogP contribution in [-0.4, -0.2) is 13.0 Å². The van der Waals surface area contributed by atoms with Crippen molar-refractivity contribution in [3.63, 3.8) is 0 Å². The highest BCUT2D eigenvalue weighted by Crippen LogP contribution is 2.17. The van der Waals surface area contributed by atoms with Crippen LogP contribution in [0.1, 0.15) is 16.1 Å². The van der Waals surface area contributed by atoms with Gasteiger partial charge in [-0.15, -0.1) is 0 Å². The lowest BCUT2D eigenvalue weighted by Crippen LogP contribution is -2.31. The summed E-state index contributed by atoms with van der Waals surface area (Å²) in [6, 6.07) is 11.7. The van der Waals surface area contributed by atoms with E-state index in [-0.39, 0.29) is 5.76 Å². The van der Waals surface area contributed by atoms with Gasteiger partial charge in [0, 0.05) is 24.8 Å². The monoisotopic (exact) mass is 245 g/mol. The van der Waals surface area contributed by atoms with Crippen LogP contribution in [-0.2, 0) is 6.54 Å². The number of benzene rings is 1. The summed E-state index contributed by atoms with van der Waals surface area (Å²) in [5.41, 5.74) is 3.93. The minimum atomic E-state index is -0.420. The van der Waals surface area contributed by atoms with Crippen molar-refractivity contribution in [1.82, 2.24) is 5.43 Å². The maximum Gasteiger partial charge on any atom is 0.301 e. The predicted molar refractivity (Wildman–Crippen MR) is 68.9 cm³/mol. The van der Waals surface area contributed by atoms with E-state index in [0.29, 0.717) is 6.54 Å². The second kappa shape index (κ2) is 5.37. The number of hydrazine groups is 1. The number of hydrogen-bond donors (Lipinski definition) is 2. The van der Waals surface area contributed by atoms with Crippen LogP contribution >= 0.6 is 0 Å². The summed E-state index contributed by atoms with van der Waals surface area (Å²) in [5, 5.41) is 0. The third kappa shape index (κ3) is 2.52. The Bertz CT molecular complexity index is 522. The molecule has 0 atom stereocenters. The molecule has 0 aliphatic carbocycles. The van der Waals surface area contributed by atoms with E-state index in [2.05, 4.69) is 5.43 Å². The molecule has 1 amide bonds. The fourth-order valence-electron chi connectivity index (χ4n) is 1.75. The number of nitrogens with one attached hydrogen (secondary N) is 1. The molecule has 1 heterocycles. The Labute approximate surface area is 105 Å². The lowest BCUT2D eigenvalue weighted by molar-refractivity contribution is 0.0924. The Morgan fingerprint density at radius 1 is 1.33 bits per heavy atom. The lowest BCUT2D eigenvalue weighted by atomic mass is 10.2. The van der Waals surface area contributed by atoms with Gasteiger partial charge >= 0.3 is 5.91 Å². The SMILES string of the molecule is CN(Cc1ccoc1C(=O)NN)c1ccccc1. The van der Waals surface area contributed by atoms with E-state index in [1.807, 2.05) is 42.3 Å². The molecule has 0 spiro atoms. The second-order valence-corrected chi connectivity index (χ2v) is 3.94. The highest BCUT2D eigenvalue weighted by atomic mass is 16.3. The molecule has 0 aliphatic heterocycles. The minimum Gasteiger partial charge on any atom is -0.459 e. The molecular formula is C13H15N3O2. The number of nitrogens with two attached hydrogens (primary N) is 1. The van der Waals surface area contributed by atoms with Gasteiger partial charge in [-0.3, -0.25) is 10.2 Å². The Hall–Kier alpha value is -2.27. The van der Waals surface area contributed by atoms with Crippen molar-refractivity contribution in [3.05, 3.63) is 54.0 Å². The van der Waals surface area contributed by atoms with E-state index < -0.39 is 5.91 Å². The molecule has 94 valence electrons. The quantitative estimate of drug-likeness (QED) is 0.486. The van der Waals surface area contributed by atoms with Crippen LogP contribution in [0, 0.1) is 0 Å². The smallest absolute Gasteiger partial charge is 0.301 e. The number of nitrogen functional groups attached to an aromatic ring is 1. The lowest BCUT2D eigenvalue weighted by Gasteiger charge is -2.18. The van der Waals surface area contributed by atoms with Crippen LogP contribution < -0.4 is 16.2 Å². The van der Waals surface area contributed by atoms with Crippen molar-refractivity contribution >= 4 is 11.6 Å². The molecule has 0 radical (unpaired) electrons. The number of carbonyl (C=O) groups excluding carboxylic acids is 1. The summed E-state index contributed by atoms with van der Waals surface area (Å²) in [6.07, 6.45) is 1.48. The van der Waals surface area contributed by atoms with Gasteiger partial charge in [0.2, 0.25) is 0 Å². The largest absolute Gasteiger partial charge is 0.459 e.